The lowest BCUT2D eigenvalue weighted by Crippen LogP contribution is -2.14. The number of carbonyl (C=O) groups is 1. The fraction of sp³-hybridized carbons (Fsp3) is 0.182. The van der Waals surface area contributed by atoms with Crippen molar-refractivity contribution in [3.05, 3.63) is 39.2 Å². The Morgan fingerprint density at radius 1 is 1.44 bits per heavy atom. The van der Waals surface area contributed by atoms with Crippen LogP contribution in [0.2, 0.25) is 0 Å². The largest absolute Gasteiger partial charge is 0.305 e. The number of hydrogen-bond donors (Lipinski definition) is 1. The summed E-state index contributed by atoms with van der Waals surface area (Å²) < 4.78 is 3.21. The van der Waals surface area contributed by atoms with Crippen LogP contribution >= 0.6 is 31.9 Å². The van der Waals surface area contributed by atoms with Gasteiger partial charge in [-0.3, -0.25) is 9.48 Å². The first-order valence-corrected chi connectivity index (χ1v) is 6.84. The number of aryl methyl sites for hydroxylation is 1. The summed E-state index contributed by atoms with van der Waals surface area (Å²) in [5.74, 6) is 0.199. The summed E-state index contributed by atoms with van der Waals surface area (Å²) in [6.45, 7) is 2.67. The van der Waals surface area contributed by atoms with Gasteiger partial charge >= 0.3 is 0 Å². The summed E-state index contributed by atoms with van der Waals surface area (Å²) in [4.78, 5) is 16.1. The Hall–Kier alpha value is -1.21. The predicted molar refractivity (Wildman–Crippen MR) is 75.5 cm³/mol. The monoisotopic (exact) mass is 372 g/mol. The van der Waals surface area contributed by atoms with Crippen LogP contribution in [0.3, 0.4) is 0 Å². The molecule has 5 nitrogen and oxygen atoms in total. The molecule has 0 spiro atoms. The third-order valence-corrected chi connectivity index (χ3v) is 3.27. The molecule has 0 aliphatic carbocycles. The van der Waals surface area contributed by atoms with E-state index in [0.717, 1.165) is 4.47 Å². The van der Waals surface area contributed by atoms with Crippen LogP contribution in [0.25, 0.3) is 0 Å². The summed E-state index contributed by atoms with van der Waals surface area (Å²) in [6, 6.07) is 3.52. The van der Waals surface area contributed by atoms with Gasteiger partial charge in [0.05, 0.1) is 4.47 Å². The van der Waals surface area contributed by atoms with E-state index in [2.05, 4.69) is 47.3 Å². The van der Waals surface area contributed by atoms with Gasteiger partial charge in [-0.2, -0.15) is 5.10 Å². The number of nitrogens with one attached hydrogen (secondary N) is 1. The van der Waals surface area contributed by atoms with Gasteiger partial charge in [0.25, 0.3) is 5.91 Å². The maximum atomic E-state index is 12.0. The lowest BCUT2D eigenvalue weighted by molar-refractivity contribution is 0.102. The molecule has 0 aliphatic heterocycles. The van der Waals surface area contributed by atoms with Crippen molar-refractivity contribution in [3.63, 3.8) is 0 Å². The Kier molecular flexibility index (Phi) is 4.13. The van der Waals surface area contributed by atoms with Gasteiger partial charge in [-0.1, -0.05) is 0 Å². The lowest BCUT2D eigenvalue weighted by Gasteiger charge is -2.02. The van der Waals surface area contributed by atoms with Crippen LogP contribution < -0.4 is 5.32 Å². The zero-order valence-electron chi connectivity index (χ0n) is 9.52. The van der Waals surface area contributed by atoms with Gasteiger partial charge in [0.2, 0.25) is 0 Å². The van der Waals surface area contributed by atoms with E-state index in [0.29, 0.717) is 22.5 Å². The first-order chi connectivity index (χ1) is 8.60. The number of pyridine rings is 1. The van der Waals surface area contributed by atoms with Crippen LogP contribution in [0.15, 0.2) is 33.5 Å². The van der Waals surface area contributed by atoms with E-state index >= 15 is 0 Å². The Morgan fingerprint density at radius 3 is 2.78 bits per heavy atom. The number of aromatic nitrogens is 3. The van der Waals surface area contributed by atoms with E-state index in [1.165, 1.54) is 0 Å². The second kappa shape index (κ2) is 5.62. The summed E-state index contributed by atoms with van der Waals surface area (Å²) in [7, 11) is 0. The minimum atomic E-state index is -0.288. The van der Waals surface area contributed by atoms with Crippen molar-refractivity contribution in [2.24, 2.45) is 0 Å². The van der Waals surface area contributed by atoms with Crippen molar-refractivity contribution in [1.82, 2.24) is 14.8 Å². The molecule has 0 saturated carbocycles. The highest BCUT2D eigenvalue weighted by atomic mass is 79.9. The normalized spacial score (nSPS) is 10.4. The summed E-state index contributed by atoms with van der Waals surface area (Å²) in [5, 5.41) is 6.85. The molecule has 0 bridgehead atoms. The maximum Gasteiger partial charge on any atom is 0.278 e. The van der Waals surface area contributed by atoms with Gasteiger partial charge in [-0.15, -0.1) is 0 Å². The van der Waals surface area contributed by atoms with Crippen LogP contribution in [-0.2, 0) is 6.54 Å². The second-order valence-corrected chi connectivity index (χ2v) is 5.27. The van der Waals surface area contributed by atoms with Crippen molar-refractivity contribution in [2.45, 2.75) is 13.5 Å². The van der Waals surface area contributed by atoms with E-state index in [-0.39, 0.29) is 5.91 Å². The van der Waals surface area contributed by atoms with Crippen molar-refractivity contribution >= 4 is 43.6 Å². The number of amides is 1. The SMILES string of the molecule is CCn1cc(Br)c(C(=O)Nc2ccc(Br)cn2)n1. The Morgan fingerprint density at radius 2 is 2.22 bits per heavy atom. The Labute approximate surface area is 121 Å². The van der Waals surface area contributed by atoms with Crippen molar-refractivity contribution in [1.29, 1.82) is 0 Å². The van der Waals surface area contributed by atoms with Crippen LogP contribution in [0.1, 0.15) is 17.4 Å². The highest BCUT2D eigenvalue weighted by Gasteiger charge is 2.15. The van der Waals surface area contributed by atoms with Gasteiger partial charge in [-0.05, 0) is 50.9 Å². The molecule has 0 aliphatic rings. The number of anilines is 1. The number of halogens is 2. The first kappa shape index (κ1) is 13.2. The van der Waals surface area contributed by atoms with E-state index in [9.17, 15) is 4.79 Å². The third kappa shape index (κ3) is 2.97. The van der Waals surface area contributed by atoms with Crippen LogP contribution in [-0.4, -0.2) is 20.7 Å². The minimum absolute atomic E-state index is 0.288. The molecule has 0 aromatic carbocycles. The molecule has 7 heteroatoms. The fourth-order valence-electron chi connectivity index (χ4n) is 1.34. The maximum absolute atomic E-state index is 12.0. The molecule has 0 unspecified atom stereocenters. The topological polar surface area (TPSA) is 59.8 Å². The van der Waals surface area contributed by atoms with E-state index in [1.807, 2.05) is 13.0 Å². The zero-order chi connectivity index (χ0) is 13.1. The van der Waals surface area contributed by atoms with Crippen molar-refractivity contribution in [3.8, 4) is 0 Å². The molecular formula is C11H10Br2N4O. The molecule has 18 heavy (non-hydrogen) atoms. The summed E-state index contributed by atoms with van der Waals surface area (Å²) in [5.41, 5.74) is 0.349. The van der Waals surface area contributed by atoms with E-state index < -0.39 is 0 Å². The molecular weight excluding hydrogens is 364 g/mol. The summed E-state index contributed by atoms with van der Waals surface area (Å²) >= 11 is 6.59. The van der Waals surface area contributed by atoms with E-state index in [1.54, 1.807) is 23.1 Å². The van der Waals surface area contributed by atoms with Crippen molar-refractivity contribution < 1.29 is 4.79 Å². The van der Waals surface area contributed by atoms with Crippen LogP contribution in [0, 0.1) is 0 Å². The molecule has 0 atom stereocenters. The first-order valence-electron chi connectivity index (χ1n) is 5.26. The average Bonchev–Trinajstić information content (AvgIpc) is 2.73. The van der Waals surface area contributed by atoms with Gasteiger partial charge in [0.1, 0.15) is 5.82 Å². The van der Waals surface area contributed by atoms with Crippen LogP contribution in [0.5, 0.6) is 0 Å². The smallest absolute Gasteiger partial charge is 0.278 e. The molecule has 0 fully saturated rings. The highest BCUT2D eigenvalue weighted by Crippen LogP contribution is 2.17. The van der Waals surface area contributed by atoms with Crippen molar-refractivity contribution in [2.75, 3.05) is 5.32 Å². The minimum Gasteiger partial charge on any atom is -0.305 e. The Bertz CT molecular complexity index is 565. The van der Waals surface area contributed by atoms with Gasteiger partial charge in [0.15, 0.2) is 5.69 Å². The Balaban J connectivity index is 2.16. The third-order valence-electron chi connectivity index (χ3n) is 2.23. The quantitative estimate of drug-likeness (QED) is 0.899. The van der Waals surface area contributed by atoms with Gasteiger partial charge in [0, 0.05) is 23.4 Å². The standard InChI is InChI=1S/C11H10Br2N4O/c1-2-17-6-8(13)10(16-17)11(18)15-9-4-3-7(12)5-14-9/h3-6H,2H2,1H3,(H,14,15,18). The molecule has 2 heterocycles. The molecule has 2 aromatic rings. The molecule has 0 radical (unpaired) electrons. The van der Waals surface area contributed by atoms with Crippen LogP contribution in [0.4, 0.5) is 5.82 Å². The number of nitrogens with zero attached hydrogens (tertiary/aromatic N) is 3. The number of rotatable bonds is 3. The number of carbonyl (C=O) groups excluding carboxylic acids is 1. The molecule has 2 rings (SSSR count). The average molecular weight is 374 g/mol. The molecule has 2 aromatic heterocycles. The molecule has 1 N–H and O–H groups in total. The van der Waals surface area contributed by atoms with Gasteiger partial charge < -0.3 is 5.32 Å². The highest BCUT2D eigenvalue weighted by molar-refractivity contribution is 9.10. The zero-order valence-corrected chi connectivity index (χ0v) is 12.7. The van der Waals surface area contributed by atoms with E-state index in [4.69, 9.17) is 0 Å². The second-order valence-electron chi connectivity index (χ2n) is 3.50. The molecule has 94 valence electrons. The molecule has 0 saturated heterocycles. The molecule has 1 amide bonds. The lowest BCUT2D eigenvalue weighted by atomic mass is 10.4. The predicted octanol–water partition coefficient (Wildman–Crippen LogP) is 3.08. The number of hydrogen-bond acceptors (Lipinski definition) is 3. The summed E-state index contributed by atoms with van der Waals surface area (Å²) in [6.07, 6.45) is 3.39. The fourth-order valence-corrected chi connectivity index (χ4v) is 2.07. The van der Waals surface area contributed by atoms with Gasteiger partial charge in [-0.25, -0.2) is 4.98 Å².